The Morgan fingerprint density at radius 3 is 2.40 bits per heavy atom. The van der Waals surface area contributed by atoms with E-state index in [-0.39, 0.29) is 18.8 Å². The molecule has 0 bridgehead atoms. The Balaban J connectivity index is 2.26. The monoisotopic (exact) mass is 278 g/mol. The van der Waals surface area contributed by atoms with Gasteiger partial charge in [0.05, 0.1) is 7.11 Å². The fraction of sp³-hybridized carbons (Fsp3) is 0.500. The summed E-state index contributed by atoms with van der Waals surface area (Å²) in [4.78, 5) is 23.0. The summed E-state index contributed by atoms with van der Waals surface area (Å²) < 4.78 is 10.1. The SMILES string of the molecule is CCCCCC(=O)CC(=O)OCc1ccc(OC)cc1. The molecule has 1 rings (SSSR count). The minimum atomic E-state index is -0.456. The minimum Gasteiger partial charge on any atom is -0.497 e. The van der Waals surface area contributed by atoms with Crippen molar-refractivity contribution in [1.29, 1.82) is 0 Å². The lowest BCUT2D eigenvalue weighted by molar-refractivity contribution is -0.147. The van der Waals surface area contributed by atoms with Crippen LogP contribution in [0.25, 0.3) is 0 Å². The zero-order valence-electron chi connectivity index (χ0n) is 12.2. The largest absolute Gasteiger partial charge is 0.497 e. The molecule has 4 heteroatoms. The number of esters is 1. The summed E-state index contributed by atoms with van der Waals surface area (Å²) in [6.45, 7) is 2.26. The maximum absolute atomic E-state index is 11.5. The van der Waals surface area contributed by atoms with Crippen LogP contribution in [0.3, 0.4) is 0 Å². The van der Waals surface area contributed by atoms with Crippen molar-refractivity contribution in [3.63, 3.8) is 0 Å². The summed E-state index contributed by atoms with van der Waals surface area (Å²) in [6, 6.07) is 7.27. The average Bonchev–Trinajstić information content (AvgIpc) is 2.46. The second-order valence-electron chi connectivity index (χ2n) is 4.68. The third-order valence-electron chi connectivity index (χ3n) is 2.96. The van der Waals surface area contributed by atoms with Crippen LogP contribution in [0, 0.1) is 0 Å². The van der Waals surface area contributed by atoms with Crippen molar-refractivity contribution in [1.82, 2.24) is 0 Å². The number of Topliss-reactive ketones (excluding diaryl/α,β-unsaturated/α-hetero) is 1. The Bertz CT molecular complexity index is 423. The lowest BCUT2D eigenvalue weighted by atomic mass is 10.1. The van der Waals surface area contributed by atoms with Gasteiger partial charge in [-0.25, -0.2) is 0 Å². The van der Waals surface area contributed by atoms with Crippen molar-refractivity contribution in [3.05, 3.63) is 29.8 Å². The van der Waals surface area contributed by atoms with Gasteiger partial charge in [0.1, 0.15) is 24.6 Å². The number of ether oxygens (including phenoxy) is 2. The van der Waals surface area contributed by atoms with E-state index in [1.165, 1.54) is 0 Å². The fourth-order valence-corrected chi connectivity index (χ4v) is 1.76. The molecule has 0 fully saturated rings. The summed E-state index contributed by atoms with van der Waals surface area (Å²) in [7, 11) is 1.60. The maximum Gasteiger partial charge on any atom is 0.313 e. The Kier molecular flexibility index (Phi) is 7.40. The number of carbonyl (C=O) groups is 2. The summed E-state index contributed by atoms with van der Waals surface area (Å²) in [6.07, 6.45) is 3.27. The van der Waals surface area contributed by atoms with Crippen LogP contribution in [-0.4, -0.2) is 18.9 Å². The van der Waals surface area contributed by atoms with E-state index >= 15 is 0 Å². The highest BCUT2D eigenvalue weighted by molar-refractivity contribution is 5.95. The number of hydrogen-bond donors (Lipinski definition) is 0. The van der Waals surface area contributed by atoms with Crippen molar-refractivity contribution >= 4 is 11.8 Å². The molecule has 0 spiro atoms. The molecule has 4 nitrogen and oxygen atoms in total. The van der Waals surface area contributed by atoms with E-state index in [1.807, 2.05) is 12.1 Å². The molecule has 0 aromatic heterocycles. The van der Waals surface area contributed by atoms with Crippen molar-refractivity contribution in [2.24, 2.45) is 0 Å². The van der Waals surface area contributed by atoms with Crippen LogP contribution >= 0.6 is 0 Å². The molecular weight excluding hydrogens is 256 g/mol. The van der Waals surface area contributed by atoms with Crippen molar-refractivity contribution in [2.75, 3.05) is 7.11 Å². The van der Waals surface area contributed by atoms with Crippen LogP contribution in [-0.2, 0) is 20.9 Å². The maximum atomic E-state index is 11.5. The average molecular weight is 278 g/mol. The highest BCUT2D eigenvalue weighted by atomic mass is 16.5. The molecule has 0 aliphatic rings. The summed E-state index contributed by atoms with van der Waals surface area (Å²) in [5, 5.41) is 0. The smallest absolute Gasteiger partial charge is 0.313 e. The molecule has 110 valence electrons. The Morgan fingerprint density at radius 1 is 1.10 bits per heavy atom. The van der Waals surface area contributed by atoms with Crippen LogP contribution in [0.1, 0.15) is 44.6 Å². The Labute approximate surface area is 120 Å². The van der Waals surface area contributed by atoms with Crippen LogP contribution in [0.5, 0.6) is 5.75 Å². The highest BCUT2D eigenvalue weighted by Gasteiger charge is 2.10. The number of carbonyl (C=O) groups excluding carboxylic acids is 2. The van der Waals surface area contributed by atoms with Crippen molar-refractivity contribution in [2.45, 2.75) is 45.6 Å². The van der Waals surface area contributed by atoms with E-state index in [4.69, 9.17) is 9.47 Å². The van der Waals surface area contributed by atoms with Gasteiger partial charge in [-0.2, -0.15) is 0 Å². The van der Waals surface area contributed by atoms with Gasteiger partial charge in [0.25, 0.3) is 0 Å². The molecule has 0 unspecified atom stereocenters. The first-order chi connectivity index (χ1) is 9.65. The third-order valence-corrected chi connectivity index (χ3v) is 2.96. The van der Waals surface area contributed by atoms with E-state index in [9.17, 15) is 9.59 Å². The fourth-order valence-electron chi connectivity index (χ4n) is 1.76. The minimum absolute atomic E-state index is 0.0434. The van der Waals surface area contributed by atoms with E-state index in [0.717, 1.165) is 30.6 Å². The molecule has 1 aromatic rings. The number of ketones is 1. The Hall–Kier alpha value is -1.84. The number of rotatable bonds is 9. The topological polar surface area (TPSA) is 52.6 Å². The van der Waals surface area contributed by atoms with E-state index < -0.39 is 5.97 Å². The van der Waals surface area contributed by atoms with E-state index in [2.05, 4.69) is 6.92 Å². The molecule has 20 heavy (non-hydrogen) atoms. The van der Waals surface area contributed by atoms with Gasteiger partial charge in [-0.3, -0.25) is 9.59 Å². The van der Waals surface area contributed by atoms with Gasteiger partial charge < -0.3 is 9.47 Å². The first-order valence-corrected chi connectivity index (χ1v) is 6.96. The van der Waals surface area contributed by atoms with Gasteiger partial charge in [0.2, 0.25) is 0 Å². The van der Waals surface area contributed by atoms with E-state index in [0.29, 0.717) is 6.42 Å². The number of hydrogen-bond acceptors (Lipinski definition) is 4. The van der Waals surface area contributed by atoms with E-state index in [1.54, 1.807) is 19.2 Å². The number of unbranched alkanes of at least 4 members (excludes halogenated alkanes) is 2. The quantitative estimate of drug-likeness (QED) is 0.395. The van der Waals surface area contributed by atoms with Crippen LogP contribution in [0.4, 0.5) is 0 Å². The van der Waals surface area contributed by atoms with Gasteiger partial charge in [-0.05, 0) is 24.1 Å². The zero-order valence-corrected chi connectivity index (χ0v) is 12.2. The Morgan fingerprint density at radius 2 is 1.80 bits per heavy atom. The second-order valence-corrected chi connectivity index (χ2v) is 4.68. The molecule has 0 heterocycles. The molecule has 0 amide bonds. The van der Waals surface area contributed by atoms with Gasteiger partial charge >= 0.3 is 5.97 Å². The molecule has 0 aliphatic carbocycles. The molecule has 0 saturated heterocycles. The van der Waals surface area contributed by atoms with Gasteiger partial charge in [0.15, 0.2) is 0 Å². The predicted octanol–water partition coefficient (Wildman–Crippen LogP) is 3.28. The normalized spacial score (nSPS) is 10.1. The van der Waals surface area contributed by atoms with Crippen molar-refractivity contribution < 1.29 is 19.1 Å². The molecule has 0 radical (unpaired) electrons. The molecule has 0 saturated carbocycles. The predicted molar refractivity (Wildman–Crippen MR) is 76.6 cm³/mol. The van der Waals surface area contributed by atoms with Crippen LogP contribution in [0.15, 0.2) is 24.3 Å². The molecule has 0 N–H and O–H groups in total. The summed E-state index contributed by atoms with van der Waals surface area (Å²) in [5.41, 5.74) is 0.873. The van der Waals surface area contributed by atoms with Crippen molar-refractivity contribution in [3.8, 4) is 5.75 Å². The van der Waals surface area contributed by atoms with Crippen LogP contribution in [0.2, 0.25) is 0 Å². The molecule has 1 aromatic carbocycles. The third kappa shape index (κ3) is 6.36. The first-order valence-electron chi connectivity index (χ1n) is 6.96. The zero-order chi connectivity index (χ0) is 14.8. The van der Waals surface area contributed by atoms with Gasteiger partial charge in [0, 0.05) is 6.42 Å². The number of methoxy groups -OCH3 is 1. The second kappa shape index (κ2) is 9.13. The molecule has 0 aliphatic heterocycles. The first kappa shape index (κ1) is 16.2. The standard InChI is InChI=1S/C16H22O4/c1-3-4-5-6-14(17)11-16(18)20-12-13-7-9-15(19-2)10-8-13/h7-10H,3-6,11-12H2,1-2H3. The lowest BCUT2D eigenvalue weighted by Crippen LogP contribution is -2.11. The van der Waals surface area contributed by atoms with Gasteiger partial charge in [-0.15, -0.1) is 0 Å². The molecular formula is C16H22O4. The van der Waals surface area contributed by atoms with Crippen LogP contribution < -0.4 is 4.74 Å². The highest BCUT2D eigenvalue weighted by Crippen LogP contribution is 2.12. The number of benzene rings is 1. The summed E-state index contributed by atoms with van der Waals surface area (Å²) in [5.74, 6) is 0.256. The summed E-state index contributed by atoms with van der Waals surface area (Å²) >= 11 is 0. The van der Waals surface area contributed by atoms with Gasteiger partial charge in [-0.1, -0.05) is 31.9 Å². The molecule has 0 atom stereocenters. The lowest BCUT2D eigenvalue weighted by Gasteiger charge is -2.05.